The molecule has 0 saturated heterocycles. The van der Waals surface area contributed by atoms with Crippen LogP contribution in [-0.2, 0) is 0 Å². The van der Waals surface area contributed by atoms with E-state index in [0.717, 1.165) is 15.8 Å². The third-order valence-corrected chi connectivity index (χ3v) is 2.64. The number of hydrogen-bond acceptors (Lipinski definition) is 4. The molecule has 0 saturated carbocycles. The second kappa shape index (κ2) is 4.57. The van der Waals surface area contributed by atoms with Gasteiger partial charge in [-0.25, -0.2) is 4.98 Å². The number of halogens is 1. The average Bonchev–Trinajstić information content (AvgIpc) is 2.77. The van der Waals surface area contributed by atoms with E-state index < -0.39 is 0 Å². The molecular formula is C11H11BrN2O2. The molecule has 0 aliphatic carbocycles. The van der Waals surface area contributed by atoms with Crippen molar-refractivity contribution in [1.29, 1.82) is 0 Å². The molecule has 0 fully saturated rings. The minimum absolute atomic E-state index is 0.483. The van der Waals surface area contributed by atoms with E-state index in [1.807, 2.05) is 18.2 Å². The van der Waals surface area contributed by atoms with Gasteiger partial charge in [0.25, 0.3) is 6.01 Å². The standard InChI is InChI=1S/C11H11BrN2O2/c1-13-11-14-6-10(16-11)8-5-7(12)3-4-9(8)15-2/h3-6H,1-2H3,(H,13,14). The zero-order valence-corrected chi connectivity index (χ0v) is 10.5. The van der Waals surface area contributed by atoms with Crippen molar-refractivity contribution in [3.63, 3.8) is 0 Å². The van der Waals surface area contributed by atoms with Crippen LogP contribution in [-0.4, -0.2) is 19.1 Å². The SMILES string of the molecule is CNc1ncc(-c2cc(Br)ccc2OC)o1. The molecule has 0 amide bonds. The summed E-state index contributed by atoms with van der Waals surface area (Å²) in [7, 11) is 3.38. The van der Waals surface area contributed by atoms with E-state index in [-0.39, 0.29) is 0 Å². The van der Waals surface area contributed by atoms with Crippen LogP contribution < -0.4 is 10.1 Å². The van der Waals surface area contributed by atoms with E-state index in [4.69, 9.17) is 9.15 Å². The zero-order chi connectivity index (χ0) is 11.5. The molecule has 1 heterocycles. The van der Waals surface area contributed by atoms with Gasteiger partial charge in [0.1, 0.15) is 5.75 Å². The molecule has 1 aromatic carbocycles. The van der Waals surface area contributed by atoms with Crippen LogP contribution in [0.5, 0.6) is 5.75 Å². The summed E-state index contributed by atoms with van der Waals surface area (Å²) < 4.78 is 11.7. The van der Waals surface area contributed by atoms with Crippen molar-refractivity contribution >= 4 is 21.9 Å². The summed E-state index contributed by atoms with van der Waals surface area (Å²) >= 11 is 3.41. The first-order valence-electron chi connectivity index (χ1n) is 4.72. The minimum atomic E-state index is 0.483. The first-order valence-corrected chi connectivity index (χ1v) is 5.51. The second-order valence-corrected chi connectivity index (χ2v) is 4.04. The number of rotatable bonds is 3. The minimum Gasteiger partial charge on any atom is -0.496 e. The van der Waals surface area contributed by atoms with E-state index in [1.165, 1.54) is 0 Å². The van der Waals surface area contributed by atoms with Crippen LogP contribution in [0.1, 0.15) is 0 Å². The molecule has 2 aromatic rings. The first-order chi connectivity index (χ1) is 7.74. The van der Waals surface area contributed by atoms with Crippen molar-refractivity contribution in [2.45, 2.75) is 0 Å². The normalized spacial score (nSPS) is 10.2. The summed E-state index contributed by atoms with van der Waals surface area (Å²) in [4.78, 5) is 4.07. The summed E-state index contributed by atoms with van der Waals surface area (Å²) in [6.45, 7) is 0. The molecule has 0 aliphatic heterocycles. The Bertz CT molecular complexity index is 496. The van der Waals surface area contributed by atoms with Gasteiger partial charge in [0.15, 0.2) is 5.76 Å². The fourth-order valence-corrected chi connectivity index (χ4v) is 1.75. The van der Waals surface area contributed by atoms with Crippen LogP contribution in [0.2, 0.25) is 0 Å². The summed E-state index contributed by atoms with van der Waals surface area (Å²) in [5.41, 5.74) is 0.867. The number of nitrogens with zero attached hydrogens (tertiary/aromatic N) is 1. The summed E-state index contributed by atoms with van der Waals surface area (Å²) in [5, 5.41) is 2.84. The molecule has 2 rings (SSSR count). The van der Waals surface area contributed by atoms with Crippen molar-refractivity contribution in [2.24, 2.45) is 0 Å². The van der Waals surface area contributed by atoms with Crippen molar-refractivity contribution in [3.05, 3.63) is 28.9 Å². The van der Waals surface area contributed by atoms with Crippen LogP contribution in [0.25, 0.3) is 11.3 Å². The molecule has 16 heavy (non-hydrogen) atoms. The van der Waals surface area contributed by atoms with Crippen LogP contribution in [0, 0.1) is 0 Å². The average molecular weight is 283 g/mol. The molecule has 0 bridgehead atoms. The molecular weight excluding hydrogens is 272 g/mol. The van der Waals surface area contributed by atoms with Gasteiger partial charge in [-0.05, 0) is 18.2 Å². The maximum atomic E-state index is 5.49. The Morgan fingerprint density at radius 2 is 2.25 bits per heavy atom. The molecule has 0 atom stereocenters. The maximum Gasteiger partial charge on any atom is 0.294 e. The number of oxazole rings is 1. The molecule has 4 nitrogen and oxygen atoms in total. The highest BCUT2D eigenvalue weighted by atomic mass is 79.9. The summed E-state index contributed by atoms with van der Waals surface area (Å²) in [5.74, 6) is 1.42. The lowest BCUT2D eigenvalue weighted by Crippen LogP contribution is -1.87. The van der Waals surface area contributed by atoms with Gasteiger partial charge in [-0.2, -0.15) is 0 Å². The van der Waals surface area contributed by atoms with Crippen LogP contribution in [0.15, 0.2) is 33.3 Å². The highest BCUT2D eigenvalue weighted by molar-refractivity contribution is 9.10. The lowest BCUT2D eigenvalue weighted by Gasteiger charge is -2.05. The maximum absolute atomic E-state index is 5.49. The van der Waals surface area contributed by atoms with E-state index in [0.29, 0.717) is 11.8 Å². The Labute approximate surface area is 102 Å². The van der Waals surface area contributed by atoms with Crippen molar-refractivity contribution in [3.8, 4) is 17.1 Å². The molecule has 1 N–H and O–H groups in total. The largest absolute Gasteiger partial charge is 0.496 e. The number of aromatic nitrogens is 1. The number of benzene rings is 1. The topological polar surface area (TPSA) is 47.3 Å². The predicted octanol–water partition coefficient (Wildman–Crippen LogP) is 3.15. The van der Waals surface area contributed by atoms with E-state index in [2.05, 4.69) is 26.2 Å². The van der Waals surface area contributed by atoms with Gasteiger partial charge < -0.3 is 14.5 Å². The molecule has 84 valence electrons. The van der Waals surface area contributed by atoms with E-state index in [9.17, 15) is 0 Å². The van der Waals surface area contributed by atoms with Gasteiger partial charge in [0.05, 0.1) is 18.9 Å². The highest BCUT2D eigenvalue weighted by Gasteiger charge is 2.11. The number of methoxy groups -OCH3 is 1. The quantitative estimate of drug-likeness (QED) is 0.940. The smallest absolute Gasteiger partial charge is 0.294 e. The number of hydrogen-bond donors (Lipinski definition) is 1. The van der Waals surface area contributed by atoms with Crippen LogP contribution in [0.3, 0.4) is 0 Å². The molecule has 0 radical (unpaired) electrons. The van der Waals surface area contributed by atoms with Gasteiger partial charge in [-0.3, -0.25) is 0 Å². The van der Waals surface area contributed by atoms with E-state index in [1.54, 1.807) is 20.4 Å². The molecule has 0 aliphatic rings. The van der Waals surface area contributed by atoms with Gasteiger partial charge in [-0.1, -0.05) is 15.9 Å². The fourth-order valence-electron chi connectivity index (χ4n) is 1.39. The van der Waals surface area contributed by atoms with Gasteiger partial charge in [0.2, 0.25) is 0 Å². The molecule has 0 unspecified atom stereocenters. The van der Waals surface area contributed by atoms with Crippen molar-refractivity contribution in [2.75, 3.05) is 19.5 Å². The Morgan fingerprint density at radius 3 is 2.88 bits per heavy atom. The summed E-state index contributed by atoms with van der Waals surface area (Å²) in [6, 6.07) is 6.20. The van der Waals surface area contributed by atoms with Crippen LogP contribution in [0.4, 0.5) is 6.01 Å². The van der Waals surface area contributed by atoms with E-state index >= 15 is 0 Å². The Kier molecular flexibility index (Phi) is 3.14. The second-order valence-electron chi connectivity index (χ2n) is 3.12. The summed E-state index contributed by atoms with van der Waals surface area (Å²) in [6.07, 6.45) is 1.66. The molecule has 1 aromatic heterocycles. The number of nitrogens with one attached hydrogen (secondary N) is 1. The molecule has 0 spiro atoms. The zero-order valence-electron chi connectivity index (χ0n) is 8.95. The van der Waals surface area contributed by atoms with Crippen molar-refractivity contribution in [1.82, 2.24) is 4.98 Å². The lowest BCUT2D eigenvalue weighted by molar-refractivity contribution is 0.414. The first kappa shape index (κ1) is 11.0. The Hall–Kier alpha value is -1.49. The third-order valence-electron chi connectivity index (χ3n) is 2.15. The van der Waals surface area contributed by atoms with Crippen molar-refractivity contribution < 1.29 is 9.15 Å². The highest BCUT2D eigenvalue weighted by Crippen LogP contribution is 2.33. The monoisotopic (exact) mass is 282 g/mol. The third kappa shape index (κ3) is 2.04. The van der Waals surface area contributed by atoms with Gasteiger partial charge in [0, 0.05) is 11.5 Å². The van der Waals surface area contributed by atoms with Crippen LogP contribution >= 0.6 is 15.9 Å². The lowest BCUT2D eigenvalue weighted by atomic mass is 10.1. The Balaban J connectivity index is 2.49. The number of anilines is 1. The Morgan fingerprint density at radius 1 is 1.44 bits per heavy atom. The fraction of sp³-hybridized carbons (Fsp3) is 0.182. The van der Waals surface area contributed by atoms with Gasteiger partial charge >= 0.3 is 0 Å². The van der Waals surface area contributed by atoms with Gasteiger partial charge in [-0.15, -0.1) is 0 Å². The molecule has 5 heteroatoms. The number of ether oxygens (including phenoxy) is 1. The predicted molar refractivity (Wildman–Crippen MR) is 65.7 cm³/mol.